The summed E-state index contributed by atoms with van der Waals surface area (Å²) in [6, 6.07) is 37.1. The van der Waals surface area contributed by atoms with E-state index in [2.05, 4.69) is 118 Å². The summed E-state index contributed by atoms with van der Waals surface area (Å²) in [7, 11) is 0. The number of aromatic amines is 1. The summed E-state index contributed by atoms with van der Waals surface area (Å²) >= 11 is 0. The number of nitrogens with one attached hydrogen (secondary N) is 1. The number of H-pyrrole nitrogens is 1. The molecule has 0 aliphatic rings. The number of imidazole rings is 1. The highest BCUT2D eigenvalue weighted by atomic mass is 15.1. The third-order valence-corrected chi connectivity index (χ3v) is 6.14. The SMILES string of the molecule is c1ccc2cc(CN(Cc3ccc4ccccc4c3)c3ccc4nc[nH]c4c3)ccc2c1. The molecule has 0 aliphatic heterocycles. The molecule has 0 amide bonds. The lowest BCUT2D eigenvalue weighted by Gasteiger charge is -2.26. The van der Waals surface area contributed by atoms with Crippen molar-refractivity contribution in [3.63, 3.8) is 0 Å². The number of nitrogens with zero attached hydrogens (tertiary/aromatic N) is 2. The van der Waals surface area contributed by atoms with Crippen molar-refractivity contribution in [2.45, 2.75) is 13.1 Å². The molecule has 0 bridgehead atoms. The van der Waals surface area contributed by atoms with E-state index in [1.54, 1.807) is 6.33 Å². The first-order valence-electron chi connectivity index (χ1n) is 11.0. The van der Waals surface area contributed by atoms with E-state index in [9.17, 15) is 0 Å². The van der Waals surface area contributed by atoms with Crippen molar-refractivity contribution in [2.75, 3.05) is 4.90 Å². The maximum Gasteiger partial charge on any atom is 0.0931 e. The van der Waals surface area contributed by atoms with Crippen molar-refractivity contribution in [3.8, 4) is 0 Å². The van der Waals surface area contributed by atoms with Crippen LogP contribution in [0.5, 0.6) is 0 Å². The molecule has 0 fully saturated rings. The zero-order valence-electron chi connectivity index (χ0n) is 17.7. The summed E-state index contributed by atoms with van der Waals surface area (Å²) in [4.78, 5) is 10.1. The van der Waals surface area contributed by atoms with Crippen LogP contribution in [0.3, 0.4) is 0 Å². The van der Waals surface area contributed by atoms with Crippen molar-refractivity contribution in [3.05, 3.63) is 121 Å². The molecule has 6 rings (SSSR count). The second kappa shape index (κ2) is 7.86. The molecule has 154 valence electrons. The monoisotopic (exact) mass is 413 g/mol. The Hall–Kier alpha value is -4.11. The van der Waals surface area contributed by atoms with E-state index in [0.29, 0.717) is 0 Å². The lowest BCUT2D eigenvalue weighted by Crippen LogP contribution is -2.22. The van der Waals surface area contributed by atoms with Gasteiger partial charge in [0.05, 0.1) is 17.4 Å². The predicted molar refractivity (Wildman–Crippen MR) is 134 cm³/mol. The Bertz CT molecular complexity index is 1470. The van der Waals surface area contributed by atoms with Crippen LogP contribution in [0.1, 0.15) is 11.1 Å². The lowest BCUT2D eigenvalue weighted by atomic mass is 10.0. The molecule has 32 heavy (non-hydrogen) atoms. The van der Waals surface area contributed by atoms with Crippen LogP contribution >= 0.6 is 0 Å². The second-order valence-corrected chi connectivity index (χ2v) is 8.32. The van der Waals surface area contributed by atoms with Gasteiger partial charge >= 0.3 is 0 Å². The van der Waals surface area contributed by atoms with Gasteiger partial charge in [0.15, 0.2) is 0 Å². The minimum Gasteiger partial charge on any atom is -0.363 e. The number of hydrogen-bond donors (Lipinski definition) is 1. The standard InChI is InChI=1S/C29H23N3/c1-3-7-25-15-21(9-11-23(25)5-1)18-32(27-13-14-28-29(17-27)31-20-30-28)19-22-10-12-24-6-2-4-8-26(24)16-22/h1-17,20H,18-19H2,(H,30,31). The van der Waals surface area contributed by atoms with E-state index in [0.717, 1.165) is 24.1 Å². The van der Waals surface area contributed by atoms with Crippen LogP contribution in [-0.2, 0) is 13.1 Å². The van der Waals surface area contributed by atoms with Gasteiger partial charge in [0.2, 0.25) is 0 Å². The Morgan fingerprint density at radius 1 is 0.594 bits per heavy atom. The number of aromatic nitrogens is 2. The summed E-state index contributed by atoms with van der Waals surface area (Å²) in [5.41, 5.74) is 5.83. The van der Waals surface area contributed by atoms with E-state index < -0.39 is 0 Å². The highest BCUT2D eigenvalue weighted by Gasteiger charge is 2.11. The molecular formula is C29H23N3. The van der Waals surface area contributed by atoms with Crippen molar-refractivity contribution in [1.29, 1.82) is 0 Å². The highest BCUT2D eigenvalue weighted by Crippen LogP contribution is 2.26. The van der Waals surface area contributed by atoms with Gasteiger partial charge in [-0.25, -0.2) is 4.98 Å². The molecule has 3 nitrogen and oxygen atoms in total. The predicted octanol–water partition coefficient (Wildman–Crippen LogP) is 7.08. The fourth-order valence-corrected chi connectivity index (χ4v) is 4.47. The van der Waals surface area contributed by atoms with Crippen LogP contribution in [-0.4, -0.2) is 9.97 Å². The highest BCUT2D eigenvalue weighted by molar-refractivity contribution is 5.84. The molecule has 3 heteroatoms. The topological polar surface area (TPSA) is 31.9 Å². The minimum atomic E-state index is 0.831. The molecule has 0 radical (unpaired) electrons. The van der Waals surface area contributed by atoms with Gasteiger partial charge in [-0.3, -0.25) is 0 Å². The summed E-state index contributed by atoms with van der Waals surface area (Å²) in [6.07, 6.45) is 1.76. The largest absolute Gasteiger partial charge is 0.363 e. The van der Waals surface area contributed by atoms with Gasteiger partial charge in [0.1, 0.15) is 0 Å². The summed E-state index contributed by atoms with van der Waals surface area (Å²) in [5.74, 6) is 0. The van der Waals surface area contributed by atoms with Crippen molar-refractivity contribution < 1.29 is 0 Å². The lowest BCUT2D eigenvalue weighted by molar-refractivity contribution is 0.802. The number of benzene rings is 5. The van der Waals surface area contributed by atoms with Gasteiger partial charge in [-0.1, -0.05) is 72.8 Å². The fraction of sp³-hybridized carbons (Fsp3) is 0.0690. The Morgan fingerprint density at radius 2 is 1.19 bits per heavy atom. The number of hydrogen-bond acceptors (Lipinski definition) is 2. The average Bonchev–Trinajstić information content (AvgIpc) is 3.31. The molecule has 0 saturated carbocycles. The van der Waals surface area contributed by atoms with Gasteiger partial charge in [0, 0.05) is 18.8 Å². The Morgan fingerprint density at radius 3 is 1.81 bits per heavy atom. The first-order chi connectivity index (χ1) is 15.8. The van der Waals surface area contributed by atoms with Crippen LogP contribution in [0.4, 0.5) is 5.69 Å². The molecular weight excluding hydrogens is 390 g/mol. The summed E-state index contributed by atoms with van der Waals surface area (Å²) < 4.78 is 0. The molecule has 1 N–H and O–H groups in total. The Kier molecular flexibility index (Phi) is 4.58. The third kappa shape index (κ3) is 3.58. The first-order valence-corrected chi connectivity index (χ1v) is 11.0. The van der Waals surface area contributed by atoms with Crippen LogP contribution in [0.15, 0.2) is 109 Å². The van der Waals surface area contributed by atoms with Crippen molar-refractivity contribution >= 4 is 38.3 Å². The summed E-state index contributed by atoms with van der Waals surface area (Å²) in [5, 5.41) is 5.10. The second-order valence-electron chi connectivity index (χ2n) is 8.32. The zero-order valence-corrected chi connectivity index (χ0v) is 17.7. The maximum absolute atomic E-state index is 4.38. The molecule has 6 aromatic rings. The van der Waals surface area contributed by atoms with E-state index in [1.807, 2.05) is 0 Å². The normalized spacial score (nSPS) is 11.4. The molecule has 5 aromatic carbocycles. The van der Waals surface area contributed by atoms with Crippen molar-refractivity contribution in [1.82, 2.24) is 9.97 Å². The van der Waals surface area contributed by atoms with Gasteiger partial charge in [-0.15, -0.1) is 0 Å². The third-order valence-electron chi connectivity index (χ3n) is 6.14. The Labute approximate surface area is 187 Å². The van der Waals surface area contributed by atoms with Crippen LogP contribution in [0.25, 0.3) is 32.6 Å². The van der Waals surface area contributed by atoms with Gasteiger partial charge < -0.3 is 9.88 Å². The molecule has 0 spiro atoms. The molecule has 0 unspecified atom stereocenters. The van der Waals surface area contributed by atoms with E-state index in [4.69, 9.17) is 0 Å². The molecule has 0 saturated heterocycles. The summed E-state index contributed by atoms with van der Waals surface area (Å²) in [6.45, 7) is 1.66. The minimum absolute atomic E-state index is 0.831. The quantitative estimate of drug-likeness (QED) is 0.328. The number of rotatable bonds is 5. The number of fused-ring (bicyclic) bond motifs is 3. The first kappa shape index (κ1) is 18.6. The van der Waals surface area contributed by atoms with Gasteiger partial charge in [-0.2, -0.15) is 0 Å². The maximum atomic E-state index is 4.38. The average molecular weight is 414 g/mol. The molecule has 0 aliphatic carbocycles. The smallest absolute Gasteiger partial charge is 0.0931 e. The van der Waals surface area contributed by atoms with Crippen LogP contribution in [0.2, 0.25) is 0 Å². The van der Waals surface area contributed by atoms with Crippen molar-refractivity contribution in [2.24, 2.45) is 0 Å². The molecule has 1 aromatic heterocycles. The van der Waals surface area contributed by atoms with Crippen LogP contribution < -0.4 is 4.90 Å². The van der Waals surface area contributed by atoms with Gasteiger partial charge in [-0.05, 0) is 63.0 Å². The van der Waals surface area contributed by atoms with Crippen LogP contribution in [0, 0.1) is 0 Å². The van der Waals surface area contributed by atoms with E-state index >= 15 is 0 Å². The molecule has 0 atom stereocenters. The van der Waals surface area contributed by atoms with E-state index in [1.165, 1.54) is 38.4 Å². The zero-order chi connectivity index (χ0) is 21.3. The Balaban J connectivity index is 1.39. The van der Waals surface area contributed by atoms with E-state index in [-0.39, 0.29) is 0 Å². The molecule has 1 heterocycles. The number of anilines is 1. The fourth-order valence-electron chi connectivity index (χ4n) is 4.47. The van der Waals surface area contributed by atoms with Gasteiger partial charge in [0.25, 0.3) is 0 Å².